The molecule has 5 heteroatoms. The molecule has 0 saturated carbocycles. The van der Waals surface area contributed by atoms with E-state index in [2.05, 4.69) is 5.32 Å². The van der Waals surface area contributed by atoms with Gasteiger partial charge in [-0.15, -0.1) is 0 Å². The summed E-state index contributed by atoms with van der Waals surface area (Å²) in [7, 11) is 1.63. The minimum absolute atomic E-state index is 0.0196. The van der Waals surface area contributed by atoms with Gasteiger partial charge in [-0.3, -0.25) is 4.79 Å². The highest BCUT2D eigenvalue weighted by atomic mass is 16.6. The Morgan fingerprint density at radius 3 is 2.57 bits per heavy atom. The lowest BCUT2D eigenvalue weighted by molar-refractivity contribution is -0.116. The SMILES string of the molecule is CC1C(=O)Nc2ccccc21.COc1ccc2c(c1)OCCO2. The van der Waals surface area contributed by atoms with Gasteiger partial charge in [0.15, 0.2) is 11.5 Å². The summed E-state index contributed by atoms with van der Waals surface area (Å²) in [4.78, 5) is 11.1. The molecule has 2 aliphatic heterocycles. The molecule has 0 radical (unpaired) electrons. The molecule has 120 valence electrons. The predicted molar refractivity (Wildman–Crippen MR) is 87.5 cm³/mol. The quantitative estimate of drug-likeness (QED) is 0.878. The van der Waals surface area contributed by atoms with E-state index >= 15 is 0 Å². The Hall–Kier alpha value is -2.69. The van der Waals surface area contributed by atoms with Gasteiger partial charge < -0.3 is 19.5 Å². The summed E-state index contributed by atoms with van der Waals surface area (Å²) in [6.07, 6.45) is 0. The maximum absolute atomic E-state index is 11.1. The van der Waals surface area contributed by atoms with Crippen molar-refractivity contribution in [2.75, 3.05) is 25.6 Å². The van der Waals surface area contributed by atoms with E-state index in [1.807, 2.05) is 49.4 Å². The molecule has 2 aromatic carbocycles. The van der Waals surface area contributed by atoms with Crippen LogP contribution in [0.4, 0.5) is 5.69 Å². The first-order chi connectivity index (χ1) is 11.2. The number of rotatable bonds is 1. The van der Waals surface area contributed by atoms with Crippen LogP contribution in [0.25, 0.3) is 0 Å². The molecule has 23 heavy (non-hydrogen) atoms. The molecule has 2 aliphatic rings. The van der Waals surface area contributed by atoms with Crippen molar-refractivity contribution in [1.82, 2.24) is 0 Å². The van der Waals surface area contributed by atoms with E-state index in [4.69, 9.17) is 14.2 Å². The Bertz CT molecular complexity index is 714. The van der Waals surface area contributed by atoms with Crippen LogP contribution in [0.5, 0.6) is 17.2 Å². The summed E-state index contributed by atoms with van der Waals surface area (Å²) < 4.78 is 15.7. The molecule has 0 saturated heterocycles. The van der Waals surface area contributed by atoms with E-state index in [-0.39, 0.29) is 11.8 Å². The third-order valence-electron chi connectivity index (χ3n) is 3.83. The zero-order chi connectivity index (χ0) is 16.2. The molecule has 2 heterocycles. The van der Waals surface area contributed by atoms with Crippen molar-refractivity contribution in [2.45, 2.75) is 12.8 Å². The molecule has 0 aliphatic carbocycles. The lowest BCUT2D eigenvalue weighted by atomic mass is 10.0. The predicted octanol–water partition coefficient (Wildman–Crippen LogP) is 3.21. The van der Waals surface area contributed by atoms with Crippen molar-refractivity contribution in [2.24, 2.45) is 0 Å². The zero-order valence-electron chi connectivity index (χ0n) is 13.2. The van der Waals surface area contributed by atoms with Crippen molar-refractivity contribution >= 4 is 11.6 Å². The average molecular weight is 313 g/mol. The van der Waals surface area contributed by atoms with Gasteiger partial charge in [0.1, 0.15) is 19.0 Å². The fourth-order valence-electron chi connectivity index (χ4n) is 2.52. The highest BCUT2D eigenvalue weighted by Gasteiger charge is 2.25. The fraction of sp³-hybridized carbons (Fsp3) is 0.278. The summed E-state index contributed by atoms with van der Waals surface area (Å²) in [5, 5.41) is 2.81. The van der Waals surface area contributed by atoms with Crippen LogP contribution in [0.2, 0.25) is 0 Å². The van der Waals surface area contributed by atoms with Crippen molar-refractivity contribution in [1.29, 1.82) is 0 Å². The highest BCUT2D eigenvalue weighted by molar-refractivity contribution is 6.02. The van der Waals surface area contributed by atoms with Crippen LogP contribution < -0.4 is 19.5 Å². The van der Waals surface area contributed by atoms with Crippen LogP contribution in [0.1, 0.15) is 18.4 Å². The number of nitrogens with one attached hydrogen (secondary N) is 1. The van der Waals surface area contributed by atoms with Crippen molar-refractivity contribution < 1.29 is 19.0 Å². The van der Waals surface area contributed by atoms with Crippen LogP contribution in [0.15, 0.2) is 42.5 Å². The second-order valence-electron chi connectivity index (χ2n) is 5.31. The largest absolute Gasteiger partial charge is 0.497 e. The molecule has 1 unspecified atom stereocenters. The number of para-hydroxylation sites is 1. The molecule has 5 nitrogen and oxygen atoms in total. The molecule has 1 amide bonds. The van der Waals surface area contributed by atoms with E-state index in [0.29, 0.717) is 13.2 Å². The topological polar surface area (TPSA) is 56.8 Å². The number of benzene rings is 2. The van der Waals surface area contributed by atoms with E-state index in [9.17, 15) is 4.79 Å². The van der Waals surface area contributed by atoms with Gasteiger partial charge in [-0.25, -0.2) is 0 Å². The maximum atomic E-state index is 11.1. The smallest absolute Gasteiger partial charge is 0.231 e. The number of ether oxygens (including phenoxy) is 3. The van der Waals surface area contributed by atoms with Gasteiger partial charge >= 0.3 is 0 Å². The Kier molecular flexibility index (Phi) is 4.37. The van der Waals surface area contributed by atoms with Crippen molar-refractivity contribution in [3.05, 3.63) is 48.0 Å². The Morgan fingerprint density at radius 2 is 1.83 bits per heavy atom. The summed E-state index contributed by atoms with van der Waals surface area (Å²) in [5.74, 6) is 2.47. The second kappa shape index (κ2) is 6.60. The molecule has 1 atom stereocenters. The first-order valence-corrected chi connectivity index (χ1v) is 7.52. The van der Waals surface area contributed by atoms with E-state index < -0.39 is 0 Å². The van der Waals surface area contributed by atoms with Gasteiger partial charge in [0, 0.05) is 11.8 Å². The number of carbonyl (C=O) groups excluding carboxylic acids is 1. The number of carbonyl (C=O) groups is 1. The molecule has 0 bridgehead atoms. The molecule has 1 N–H and O–H groups in total. The summed E-state index contributed by atoms with van der Waals surface area (Å²) in [6, 6.07) is 13.3. The van der Waals surface area contributed by atoms with Crippen molar-refractivity contribution in [3.63, 3.8) is 0 Å². The Morgan fingerprint density at radius 1 is 1.09 bits per heavy atom. The lowest BCUT2D eigenvalue weighted by Crippen LogP contribution is -2.15. The van der Waals surface area contributed by atoms with Gasteiger partial charge in [-0.2, -0.15) is 0 Å². The molecular formula is C18H19NO4. The zero-order valence-corrected chi connectivity index (χ0v) is 13.2. The minimum Gasteiger partial charge on any atom is -0.497 e. The number of amides is 1. The van der Waals surface area contributed by atoms with Gasteiger partial charge in [0.25, 0.3) is 0 Å². The molecule has 0 aromatic heterocycles. The van der Waals surface area contributed by atoms with E-state index in [1.165, 1.54) is 0 Å². The van der Waals surface area contributed by atoms with Gasteiger partial charge in [0.2, 0.25) is 5.91 Å². The monoisotopic (exact) mass is 313 g/mol. The number of hydrogen-bond donors (Lipinski definition) is 1. The van der Waals surface area contributed by atoms with Gasteiger partial charge in [-0.05, 0) is 30.7 Å². The van der Waals surface area contributed by atoms with Gasteiger partial charge in [-0.1, -0.05) is 18.2 Å². The number of fused-ring (bicyclic) bond motifs is 2. The standard InChI is InChI=1S/C9H9NO.C9H10O3/c1-6-7-4-2-3-5-8(7)10-9(6)11;1-10-7-2-3-8-9(6-7)12-5-4-11-8/h2-6H,1H3,(H,10,11);2-3,6H,4-5H2,1H3. The molecular weight excluding hydrogens is 294 g/mol. The molecule has 0 fully saturated rings. The van der Waals surface area contributed by atoms with Crippen LogP contribution in [-0.4, -0.2) is 26.2 Å². The molecule has 4 rings (SSSR count). The summed E-state index contributed by atoms with van der Waals surface area (Å²) >= 11 is 0. The normalized spacial score (nSPS) is 17.5. The molecule has 2 aromatic rings. The molecule has 0 spiro atoms. The Labute approximate surface area is 135 Å². The van der Waals surface area contributed by atoms with E-state index in [1.54, 1.807) is 7.11 Å². The van der Waals surface area contributed by atoms with Crippen LogP contribution in [0.3, 0.4) is 0 Å². The highest BCUT2D eigenvalue weighted by Crippen LogP contribution is 2.33. The van der Waals surface area contributed by atoms with Crippen molar-refractivity contribution in [3.8, 4) is 17.2 Å². The average Bonchev–Trinajstić information content (AvgIpc) is 2.90. The first-order valence-electron chi connectivity index (χ1n) is 7.52. The number of methoxy groups -OCH3 is 1. The van der Waals surface area contributed by atoms with Crippen LogP contribution in [0, 0.1) is 0 Å². The first kappa shape index (κ1) is 15.2. The third kappa shape index (κ3) is 3.23. The Balaban J connectivity index is 0.000000136. The number of hydrogen-bond acceptors (Lipinski definition) is 4. The van der Waals surface area contributed by atoms with Gasteiger partial charge in [0.05, 0.1) is 13.0 Å². The minimum atomic E-state index is 0.0196. The van der Waals surface area contributed by atoms with Crippen LogP contribution >= 0.6 is 0 Å². The fourth-order valence-corrected chi connectivity index (χ4v) is 2.52. The summed E-state index contributed by atoms with van der Waals surface area (Å²) in [6.45, 7) is 3.15. The van der Waals surface area contributed by atoms with Crippen LogP contribution in [-0.2, 0) is 4.79 Å². The maximum Gasteiger partial charge on any atom is 0.231 e. The van der Waals surface area contributed by atoms with E-state index in [0.717, 1.165) is 28.5 Å². The summed E-state index contributed by atoms with van der Waals surface area (Å²) in [5.41, 5.74) is 2.07. The third-order valence-corrected chi connectivity index (χ3v) is 3.83. The number of anilines is 1. The lowest BCUT2D eigenvalue weighted by Gasteiger charge is -2.18. The second-order valence-corrected chi connectivity index (χ2v) is 5.31.